The molecule has 1 aromatic rings. The molecule has 1 aliphatic rings. The van der Waals surface area contributed by atoms with Gasteiger partial charge < -0.3 is 10.2 Å². The third kappa shape index (κ3) is 3.68. The summed E-state index contributed by atoms with van der Waals surface area (Å²) >= 11 is 0. The van der Waals surface area contributed by atoms with E-state index in [2.05, 4.69) is 5.32 Å². The molecule has 21 heavy (non-hydrogen) atoms. The molecule has 1 atom stereocenters. The predicted molar refractivity (Wildman–Crippen MR) is 73.8 cm³/mol. The largest absolute Gasteiger partial charge is 0.416 e. The summed E-state index contributed by atoms with van der Waals surface area (Å²) in [6, 6.07) is 4.81. The number of alkyl halides is 3. The van der Waals surface area contributed by atoms with Gasteiger partial charge in [-0.25, -0.2) is 4.79 Å². The lowest BCUT2D eigenvalue weighted by molar-refractivity contribution is -0.137. The van der Waals surface area contributed by atoms with Gasteiger partial charge in [-0.15, -0.1) is 0 Å². The zero-order chi connectivity index (χ0) is 15.6. The van der Waals surface area contributed by atoms with Crippen molar-refractivity contribution in [1.29, 1.82) is 0 Å². The molecule has 2 rings (SSSR count). The van der Waals surface area contributed by atoms with Crippen molar-refractivity contribution in [3.63, 3.8) is 0 Å². The van der Waals surface area contributed by atoms with Gasteiger partial charge in [-0.1, -0.05) is 12.1 Å². The van der Waals surface area contributed by atoms with Gasteiger partial charge in [0.25, 0.3) is 0 Å². The Morgan fingerprint density at radius 2 is 1.90 bits per heavy atom. The van der Waals surface area contributed by atoms with E-state index in [0.29, 0.717) is 6.54 Å². The number of benzene rings is 1. The highest BCUT2D eigenvalue weighted by molar-refractivity contribution is 5.75. The molecule has 1 aliphatic heterocycles. The van der Waals surface area contributed by atoms with Crippen LogP contribution in [0.15, 0.2) is 24.3 Å². The van der Waals surface area contributed by atoms with Crippen molar-refractivity contribution in [2.24, 2.45) is 0 Å². The van der Waals surface area contributed by atoms with Gasteiger partial charge >= 0.3 is 12.2 Å². The average Bonchev–Trinajstić information content (AvgIpc) is 2.86. The SMILES string of the molecule is CC(C)NC(=O)N1CCCC1c1ccc(C(F)(F)F)cc1. The smallest absolute Gasteiger partial charge is 0.336 e. The molecule has 0 bridgehead atoms. The zero-order valence-corrected chi connectivity index (χ0v) is 12.1. The van der Waals surface area contributed by atoms with E-state index in [1.54, 1.807) is 4.90 Å². The number of hydrogen-bond acceptors (Lipinski definition) is 1. The Labute approximate surface area is 122 Å². The predicted octanol–water partition coefficient (Wildman–Crippen LogP) is 3.96. The molecule has 1 heterocycles. The second-order valence-electron chi connectivity index (χ2n) is 5.58. The molecule has 1 N–H and O–H groups in total. The Kier molecular flexibility index (Phi) is 4.44. The molecule has 1 unspecified atom stereocenters. The minimum Gasteiger partial charge on any atom is -0.336 e. The van der Waals surface area contributed by atoms with E-state index < -0.39 is 11.7 Å². The maximum absolute atomic E-state index is 12.6. The standard InChI is InChI=1S/C15H19F3N2O/c1-10(2)19-14(21)20-9-3-4-13(20)11-5-7-12(8-6-11)15(16,17)18/h5-8,10,13H,3-4,9H2,1-2H3,(H,19,21). The minimum absolute atomic E-state index is 0.0337. The summed E-state index contributed by atoms with van der Waals surface area (Å²) in [6.07, 6.45) is -2.70. The van der Waals surface area contributed by atoms with Crippen molar-refractivity contribution in [3.05, 3.63) is 35.4 Å². The Bertz CT molecular complexity index is 497. The number of carbonyl (C=O) groups is 1. The van der Waals surface area contributed by atoms with Crippen molar-refractivity contribution >= 4 is 6.03 Å². The van der Waals surface area contributed by atoms with Crippen LogP contribution in [0, 0.1) is 0 Å². The summed E-state index contributed by atoms with van der Waals surface area (Å²) in [6.45, 7) is 4.38. The van der Waals surface area contributed by atoms with Gasteiger partial charge in [0.15, 0.2) is 0 Å². The monoisotopic (exact) mass is 300 g/mol. The fourth-order valence-corrected chi connectivity index (χ4v) is 2.58. The topological polar surface area (TPSA) is 32.3 Å². The maximum atomic E-state index is 12.6. The molecular weight excluding hydrogens is 281 g/mol. The van der Waals surface area contributed by atoms with Crippen LogP contribution in [0.5, 0.6) is 0 Å². The van der Waals surface area contributed by atoms with Crippen LogP contribution in [0.3, 0.4) is 0 Å². The number of nitrogens with zero attached hydrogens (tertiary/aromatic N) is 1. The van der Waals surface area contributed by atoms with Crippen LogP contribution in [0.1, 0.15) is 43.9 Å². The van der Waals surface area contributed by atoms with Crippen LogP contribution >= 0.6 is 0 Å². The second-order valence-corrected chi connectivity index (χ2v) is 5.58. The van der Waals surface area contributed by atoms with E-state index in [4.69, 9.17) is 0 Å². The van der Waals surface area contributed by atoms with Gasteiger partial charge in [0, 0.05) is 12.6 Å². The lowest BCUT2D eigenvalue weighted by Gasteiger charge is -2.26. The molecule has 1 fully saturated rings. The van der Waals surface area contributed by atoms with Crippen LogP contribution < -0.4 is 5.32 Å². The first-order valence-corrected chi connectivity index (χ1v) is 7.03. The molecular formula is C15H19F3N2O. The number of urea groups is 1. The number of nitrogens with one attached hydrogen (secondary N) is 1. The van der Waals surface area contributed by atoms with Crippen molar-refractivity contribution in [2.45, 2.75) is 44.9 Å². The average molecular weight is 300 g/mol. The zero-order valence-electron chi connectivity index (χ0n) is 12.1. The highest BCUT2D eigenvalue weighted by atomic mass is 19.4. The fraction of sp³-hybridized carbons (Fsp3) is 0.533. The number of amides is 2. The molecule has 0 aliphatic carbocycles. The van der Waals surface area contributed by atoms with Gasteiger partial charge in [0.1, 0.15) is 0 Å². The van der Waals surface area contributed by atoms with Gasteiger partial charge in [0.2, 0.25) is 0 Å². The first kappa shape index (κ1) is 15.7. The number of carbonyl (C=O) groups excluding carboxylic acids is 1. The van der Waals surface area contributed by atoms with Crippen LogP contribution in [-0.2, 0) is 6.18 Å². The molecule has 116 valence electrons. The second kappa shape index (κ2) is 5.95. The summed E-state index contributed by atoms with van der Waals surface area (Å²) in [7, 11) is 0. The molecule has 6 heteroatoms. The van der Waals surface area contributed by atoms with Gasteiger partial charge in [0.05, 0.1) is 11.6 Å². The summed E-state index contributed by atoms with van der Waals surface area (Å²) in [5, 5.41) is 2.83. The molecule has 1 aromatic carbocycles. The van der Waals surface area contributed by atoms with Gasteiger partial charge in [-0.05, 0) is 44.4 Å². The van der Waals surface area contributed by atoms with Gasteiger partial charge in [-0.3, -0.25) is 0 Å². The minimum atomic E-state index is -4.33. The lowest BCUT2D eigenvalue weighted by Crippen LogP contribution is -2.42. The van der Waals surface area contributed by atoms with E-state index in [1.165, 1.54) is 12.1 Å². The van der Waals surface area contributed by atoms with Crippen LogP contribution in [-0.4, -0.2) is 23.5 Å². The Morgan fingerprint density at radius 1 is 1.29 bits per heavy atom. The van der Waals surface area contributed by atoms with Gasteiger partial charge in [-0.2, -0.15) is 13.2 Å². The Balaban J connectivity index is 2.15. The molecule has 2 amide bonds. The third-order valence-corrected chi connectivity index (χ3v) is 3.55. The van der Waals surface area contributed by atoms with Crippen molar-refractivity contribution in [3.8, 4) is 0 Å². The number of likely N-dealkylation sites (tertiary alicyclic amines) is 1. The summed E-state index contributed by atoms with van der Waals surface area (Å²) in [4.78, 5) is 13.8. The maximum Gasteiger partial charge on any atom is 0.416 e. The lowest BCUT2D eigenvalue weighted by atomic mass is 10.0. The van der Waals surface area contributed by atoms with Crippen LogP contribution in [0.4, 0.5) is 18.0 Å². The molecule has 1 saturated heterocycles. The van der Waals surface area contributed by atoms with Crippen molar-refractivity contribution in [2.75, 3.05) is 6.54 Å². The number of rotatable bonds is 2. The summed E-state index contributed by atoms with van der Waals surface area (Å²) < 4.78 is 37.7. The van der Waals surface area contributed by atoms with E-state index in [9.17, 15) is 18.0 Å². The van der Waals surface area contributed by atoms with E-state index in [0.717, 1.165) is 30.5 Å². The van der Waals surface area contributed by atoms with E-state index >= 15 is 0 Å². The van der Waals surface area contributed by atoms with E-state index in [-0.39, 0.29) is 18.1 Å². The highest BCUT2D eigenvalue weighted by Gasteiger charge is 2.33. The Hall–Kier alpha value is -1.72. The fourth-order valence-electron chi connectivity index (χ4n) is 2.58. The third-order valence-electron chi connectivity index (χ3n) is 3.55. The highest BCUT2D eigenvalue weighted by Crippen LogP contribution is 2.34. The van der Waals surface area contributed by atoms with Crippen molar-refractivity contribution < 1.29 is 18.0 Å². The van der Waals surface area contributed by atoms with E-state index in [1.807, 2.05) is 13.8 Å². The first-order chi connectivity index (χ1) is 9.79. The first-order valence-electron chi connectivity index (χ1n) is 7.03. The molecule has 0 radical (unpaired) electrons. The number of halogens is 3. The molecule has 0 spiro atoms. The quantitative estimate of drug-likeness (QED) is 0.881. The molecule has 3 nitrogen and oxygen atoms in total. The van der Waals surface area contributed by atoms with Crippen molar-refractivity contribution in [1.82, 2.24) is 10.2 Å². The number of hydrogen-bond donors (Lipinski definition) is 1. The normalized spacial score (nSPS) is 19.1. The molecule has 0 saturated carbocycles. The van der Waals surface area contributed by atoms with Crippen LogP contribution in [0.25, 0.3) is 0 Å². The van der Waals surface area contributed by atoms with Crippen LogP contribution in [0.2, 0.25) is 0 Å². The Morgan fingerprint density at radius 3 is 2.43 bits per heavy atom. The summed E-state index contributed by atoms with van der Waals surface area (Å²) in [5.41, 5.74) is 0.0850. The summed E-state index contributed by atoms with van der Waals surface area (Å²) in [5.74, 6) is 0. The molecule has 0 aromatic heterocycles.